The maximum Gasteiger partial charge on any atom is 0.232 e. The molecule has 9 nitrogen and oxygen atoms in total. The third-order valence-corrected chi connectivity index (χ3v) is 4.72. The van der Waals surface area contributed by atoms with Crippen molar-refractivity contribution >= 4 is 27.8 Å². The minimum atomic E-state index is 0.550. The lowest BCUT2D eigenvalue weighted by atomic mass is 10.3. The number of aromatic nitrogens is 4. The zero-order valence-electron chi connectivity index (χ0n) is 15.0. The van der Waals surface area contributed by atoms with E-state index < -0.39 is 0 Å². The summed E-state index contributed by atoms with van der Waals surface area (Å²) in [5.41, 5.74) is 0. The van der Waals surface area contributed by atoms with Crippen LogP contribution in [0, 0.1) is 0 Å². The highest BCUT2D eigenvalue weighted by Gasteiger charge is 2.22. The largest absolute Gasteiger partial charge is 0.480 e. The minimum Gasteiger partial charge on any atom is -0.480 e. The van der Waals surface area contributed by atoms with E-state index in [9.17, 15) is 0 Å². The van der Waals surface area contributed by atoms with Gasteiger partial charge in [-0.05, 0) is 15.9 Å². The summed E-state index contributed by atoms with van der Waals surface area (Å²) in [7, 11) is 3.42. The van der Waals surface area contributed by atoms with E-state index in [1.807, 2.05) is 24.1 Å². The molecular formula is C16H23BrN8O. The van der Waals surface area contributed by atoms with Gasteiger partial charge in [0.15, 0.2) is 5.96 Å². The van der Waals surface area contributed by atoms with Gasteiger partial charge in [0.25, 0.3) is 0 Å². The van der Waals surface area contributed by atoms with Gasteiger partial charge in [0.2, 0.25) is 11.8 Å². The van der Waals surface area contributed by atoms with E-state index in [0.717, 1.165) is 49.7 Å². The average molecular weight is 423 g/mol. The summed E-state index contributed by atoms with van der Waals surface area (Å²) in [4.78, 5) is 21.7. The van der Waals surface area contributed by atoms with Crippen LogP contribution in [0.1, 0.15) is 0 Å². The molecule has 3 heterocycles. The number of guanidine groups is 1. The molecule has 0 aliphatic carbocycles. The molecule has 0 saturated carbocycles. The fourth-order valence-electron chi connectivity index (χ4n) is 2.80. The molecule has 1 saturated heterocycles. The van der Waals surface area contributed by atoms with Crippen LogP contribution in [-0.2, 0) is 6.54 Å². The average Bonchev–Trinajstić information content (AvgIpc) is 3.19. The van der Waals surface area contributed by atoms with Gasteiger partial charge in [-0.3, -0.25) is 4.99 Å². The van der Waals surface area contributed by atoms with Crippen molar-refractivity contribution in [2.45, 2.75) is 6.54 Å². The lowest BCUT2D eigenvalue weighted by Crippen LogP contribution is -2.53. The maximum absolute atomic E-state index is 5.26. The molecule has 0 spiro atoms. The van der Waals surface area contributed by atoms with Crippen LogP contribution in [0.25, 0.3) is 0 Å². The number of halogens is 1. The van der Waals surface area contributed by atoms with E-state index >= 15 is 0 Å². The molecule has 3 rings (SSSR count). The van der Waals surface area contributed by atoms with Gasteiger partial charge in [-0.2, -0.15) is 4.98 Å². The lowest BCUT2D eigenvalue weighted by molar-refractivity contribution is 0.365. The Morgan fingerprint density at radius 1 is 1.35 bits per heavy atom. The summed E-state index contributed by atoms with van der Waals surface area (Å²) in [6, 6.07) is 0. The summed E-state index contributed by atoms with van der Waals surface area (Å²) in [6.07, 6.45) is 7.28. The summed E-state index contributed by atoms with van der Waals surface area (Å²) in [5, 5.41) is 3.41. The summed E-state index contributed by atoms with van der Waals surface area (Å²) >= 11 is 3.38. The third kappa shape index (κ3) is 4.43. The van der Waals surface area contributed by atoms with Crippen molar-refractivity contribution in [2.24, 2.45) is 4.99 Å². The molecule has 0 unspecified atom stereocenters. The lowest BCUT2D eigenvalue weighted by Gasteiger charge is -2.36. The Bertz CT molecular complexity index is 728. The van der Waals surface area contributed by atoms with Gasteiger partial charge in [-0.15, -0.1) is 0 Å². The standard InChI is InChI=1S/C16H23BrN8O/c1-18-15(20-4-6-23-5-3-19-12-23)24-7-9-25(10-8-24)16-21-11-13(17)14(22-16)26-2/h3,5,11-12H,4,6-10H2,1-2H3,(H,18,20). The number of imidazole rings is 1. The number of rotatable bonds is 5. The van der Waals surface area contributed by atoms with Crippen molar-refractivity contribution in [2.75, 3.05) is 51.8 Å². The Morgan fingerprint density at radius 3 is 2.81 bits per heavy atom. The molecule has 0 bridgehead atoms. The normalized spacial score (nSPS) is 15.3. The van der Waals surface area contributed by atoms with Crippen LogP contribution in [0.4, 0.5) is 5.95 Å². The van der Waals surface area contributed by atoms with Crippen molar-refractivity contribution in [3.05, 3.63) is 29.4 Å². The van der Waals surface area contributed by atoms with Gasteiger partial charge in [-0.25, -0.2) is 9.97 Å². The molecule has 0 amide bonds. The first kappa shape index (κ1) is 18.4. The van der Waals surface area contributed by atoms with Gasteiger partial charge in [-0.1, -0.05) is 0 Å². The predicted octanol–water partition coefficient (Wildman–Crippen LogP) is 0.842. The second-order valence-electron chi connectivity index (χ2n) is 5.78. The zero-order chi connectivity index (χ0) is 18.4. The second kappa shape index (κ2) is 8.84. The van der Waals surface area contributed by atoms with Crippen LogP contribution < -0.4 is 15.0 Å². The van der Waals surface area contributed by atoms with Crippen molar-refractivity contribution in [3.8, 4) is 5.88 Å². The molecule has 1 fully saturated rings. The van der Waals surface area contributed by atoms with Crippen LogP contribution in [0.3, 0.4) is 0 Å². The van der Waals surface area contributed by atoms with E-state index in [0.29, 0.717) is 11.8 Å². The molecule has 140 valence electrons. The zero-order valence-corrected chi connectivity index (χ0v) is 16.6. The molecule has 1 N–H and O–H groups in total. The fraction of sp³-hybridized carbons (Fsp3) is 0.500. The Morgan fingerprint density at radius 2 is 2.15 bits per heavy atom. The van der Waals surface area contributed by atoms with Gasteiger partial charge >= 0.3 is 0 Å². The van der Waals surface area contributed by atoms with Crippen LogP contribution >= 0.6 is 15.9 Å². The molecule has 0 aromatic carbocycles. The first-order valence-corrected chi connectivity index (χ1v) is 9.23. The quantitative estimate of drug-likeness (QED) is 0.564. The van der Waals surface area contributed by atoms with Crippen molar-refractivity contribution in [1.29, 1.82) is 0 Å². The van der Waals surface area contributed by atoms with Crippen molar-refractivity contribution in [3.63, 3.8) is 0 Å². The Kier molecular flexibility index (Phi) is 6.26. The number of ether oxygens (including phenoxy) is 1. The van der Waals surface area contributed by atoms with E-state index in [2.05, 4.69) is 51.0 Å². The number of aliphatic imine (C=N–C) groups is 1. The highest BCUT2D eigenvalue weighted by atomic mass is 79.9. The molecular weight excluding hydrogens is 400 g/mol. The molecule has 10 heteroatoms. The first-order chi connectivity index (χ1) is 12.7. The minimum absolute atomic E-state index is 0.550. The monoisotopic (exact) mass is 422 g/mol. The summed E-state index contributed by atoms with van der Waals surface area (Å²) in [5.74, 6) is 2.15. The van der Waals surface area contributed by atoms with Gasteiger partial charge < -0.3 is 24.4 Å². The van der Waals surface area contributed by atoms with Gasteiger partial charge in [0, 0.05) is 58.7 Å². The van der Waals surface area contributed by atoms with E-state index in [1.165, 1.54) is 0 Å². The Balaban J connectivity index is 1.51. The molecule has 0 atom stereocenters. The smallest absolute Gasteiger partial charge is 0.232 e. The molecule has 1 aliphatic rings. The van der Waals surface area contributed by atoms with Crippen molar-refractivity contribution < 1.29 is 4.74 Å². The van der Waals surface area contributed by atoms with Crippen LogP contribution in [0.2, 0.25) is 0 Å². The number of anilines is 1. The number of nitrogens with one attached hydrogen (secondary N) is 1. The van der Waals surface area contributed by atoms with Crippen LogP contribution in [-0.4, -0.2) is 77.3 Å². The highest BCUT2D eigenvalue weighted by Crippen LogP contribution is 2.23. The summed E-state index contributed by atoms with van der Waals surface area (Å²) < 4.78 is 8.05. The Labute approximate surface area is 161 Å². The number of methoxy groups -OCH3 is 1. The first-order valence-electron chi connectivity index (χ1n) is 8.44. The fourth-order valence-corrected chi connectivity index (χ4v) is 3.16. The van der Waals surface area contributed by atoms with Gasteiger partial charge in [0.1, 0.15) is 0 Å². The number of piperazine rings is 1. The van der Waals surface area contributed by atoms with Crippen LogP contribution in [0.15, 0.2) is 34.4 Å². The second-order valence-corrected chi connectivity index (χ2v) is 6.63. The van der Waals surface area contributed by atoms with E-state index in [1.54, 1.807) is 19.5 Å². The molecule has 0 radical (unpaired) electrons. The maximum atomic E-state index is 5.26. The SMILES string of the molecule is CN=C(NCCn1ccnc1)N1CCN(c2ncc(Br)c(OC)n2)CC1. The van der Waals surface area contributed by atoms with E-state index in [-0.39, 0.29) is 0 Å². The number of nitrogens with zero attached hydrogens (tertiary/aromatic N) is 7. The molecule has 1 aliphatic heterocycles. The number of hydrogen-bond donors (Lipinski definition) is 1. The number of hydrogen-bond acceptors (Lipinski definition) is 6. The van der Waals surface area contributed by atoms with Crippen LogP contribution in [0.5, 0.6) is 5.88 Å². The predicted molar refractivity (Wildman–Crippen MR) is 104 cm³/mol. The topological polar surface area (TPSA) is 83.7 Å². The Hall–Kier alpha value is -2.36. The summed E-state index contributed by atoms with van der Waals surface area (Å²) in [6.45, 7) is 5.01. The molecule has 2 aromatic rings. The molecule has 2 aromatic heterocycles. The third-order valence-electron chi connectivity index (χ3n) is 4.18. The van der Waals surface area contributed by atoms with Crippen molar-refractivity contribution in [1.82, 2.24) is 29.7 Å². The molecule has 26 heavy (non-hydrogen) atoms. The van der Waals surface area contributed by atoms with Gasteiger partial charge in [0.05, 0.1) is 24.1 Å². The highest BCUT2D eigenvalue weighted by molar-refractivity contribution is 9.10. The van der Waals surface area contributed by atoms with E-state index in [4.69, 9.17) is 4.74 Å².